The average molecular weight is 286 g/mol. The van der Waals surface area contributed by atoms with Crippen molar-refractivity contribution in [2.24, 2.45) is 0 Å². The summed E-state index contributed by atoms with van der Waals surface area (Å²) >= 11 is 0. The molecule has 2 aromatic carbocycles. The van der Waals surface area contributed by atoms with Crippen LogP contribution in [0.1, 0.15) is 24.1 Å². The van der Waals surface area contributed by atoms with Crippen LogP contribution in [0.15, 0.2) is 48.5 Å². The van der Waals surface area contributed by atoms with Gasteiger partial charge in [-0.1, -0.05) is 29.8 Å². The molecule has 4 heteroatoms. The van der Waals surface area contributed by atoms with Crippen LogP contribution in [0.25, 0.3) is 0 Å². The van der Waals surface area contributed by atoms with Gasteiger partial charge in [-0.2, -0.15) is 0 Å². The third-order valence-corrected chi connectivity index (χ3v) is 3.24. The van der Waals surface area contributed by atoms with Crippen molar-refractivity contribution in [2.45, 2.75) is 19.9 Å². The lowest BCUT2D eigenvalue weighted by Crippen LogP contribution is -2.30. The number of benzene rings is 2. The van der Waals surface area contributed by atoms with E-state index in [1.807, 2.05) is 32.0 Å². The van der Waals surface area contributed by atoms with E-state index in [1.54, 1.807) is 0 Å². The van der Waals surface area contributed by atoms with Crippen LogP contribution >= 0.6 is 0 Å². The fraction of sp³-hybridized carbons (Fsp3) is 0.235. The molecule has 0 spiro atoms. The second-order valence-corrected chi connectivity index (χ2v) is 5.07. The van der Waals surface area contributed by atoms with E-state index >= 15 is 0 Å². The van der Waals surface area contributed by atoms with Crippen LogP contribution in [0.4, 0.5) is 10.1 Å². The van der Waals surface area contributed by atoms with Gasteiger partial charge in [0.15, 0.2) is 0 Å². The summed E-state index contributed by atoms with van der Waals surface area (Å²) in [7, 11) is 0. The SMILES string of the molecule is Cc1cccc([C@@H](C)NCC(=O)Nc2ccc(F)cc2)c1. The van der Waals surface area contributed by atoms with E-state index in [9.17, 15) is 9.18 Å². The predicted molar refractivity (Wildman–Crippen MR) is 82.6 cm³/mol. The second kappa shape index (κ2) is 6.99. The summed E-state index contributed by atoms with van der Waals surface area (Å²) in [6.07, 6.45) is 0. The zero-order valence-corrected chi connectivity index (χ0v) is 12.2. The lowest BCUT2D eigenvalue weighted by molar-refractivity contribution is -0.115. The zero-order valence-electron chi connectivity index (χ0n) is 12.2. The third-order valence-electron chi connectivity index (χ3n) is 3.24. The molecule has 0 unspecified atom stereocenters. The molecule has 0 radical (unpaired) electrons. The first-order valence-corrected chi connectivity index (χ1v) is 6.90. The lowest BCUT2D eigenvalue weighted by Gasteiger charge is -2.14. The Balaban J connectivity index is 1.84. The van der Waals surface area contributed by atoms with E-state index in [2.05, 4.69) is 16.7 Å². The number of hydrogen-bond acceptors (Lipinski definition) is 2. The van der Waals surface area contributed by atoms with Gasteiger partial charge in [0.1, 0.15) is 5.82 Å². The van der Waals surface area contributed by atoms with Crippen LogP contribution in [0.2, 0.25) is 0 Å². The molecule has 21 heavy (non-hydrogen) atoms. The van der Waals surface area contributed by atoms with Crippen molar-refractivity contribution in [3.8, 4) is 0 Å². The number of nitrogens with one attached hydrogen (secondary N) is 2. The molecule has 0 aromatic heterocycles. The highest BCUT2D eigenvalue weighted by Gasteiger charge is 2.08. The number of carbonyl (C=O) groups excluding carboxylic acids is 1. The maximum absolute atomic E-state index is 12.8. The zero-order chi connectivity index (χ0) is 15.2. The van der Waals surface area contributed by atoms with Gasteiger partial charge in [0, 0.05) is 11.7 Å². The molecular formula is C17H19FN2O. The van der Waals surface area contributed by atoms with E-state index in [0.717, 1.165) is 5.56 Å². The Bertz CT molecular complexity index is 610. The van der Waals surface area contributed by atoms with Crippen molar-refractivity contribution in [3.05, 3.63) is 65.5 Å². The second-order valence-electron chi connectivity index (χ2n) is 5.07. The van der Waals surface area contributed by atoms with Gasteiger partial charge in [0.2, 0.25) is 5.91 Å². The molecule has 110 valence electrons. The number of carbonyl (C=O) groups is 1. The summed E-state index contributed by atoms with van der Waals surface area (Å²) in [5, 5.41) is 5.89. The molecule has 0 saturated carbocycles. The number of hydrogen-bond donors (Lipinski definition) is 2. The molecule has 0 aliphatic carbocycles. The molecule has 2 rings (SSSR count). The van der Waals surface area contributed by atoms with Crippen LogP contribution in [0, 0.1) is 12.7 Å². The molecule has 0 fully saturated rings. The van der Waals surface area contributed by atoms with Crippen LogP contribution in [-0.4, -0.2) is 12.5 Å². The number of amides is 1. The van der Waals surface area contributed by atoms with Crippen molar-refractivity contribution in [3.63, 3.8) is 0 Å². The Kier molecular flexibility index (Phi) is 5.06. The third kappa shape index (κ3) is 4.68. The smallest absolute Gasteiger partial charge is 0.238 e. The Labute approximate surface area is 124 Å². The van der Waals surface area contributed by atoms with Crippen molar-refractivity contribution in [1.29, 1.82) is 0 Å². The van der Waals surface area contributed by atoms with Gasteiger partial charge < -0.3 is 10.6 Å². The topological polar surface area (TPSA) is 41.1 Å². The normalized spacial score (nSPS) is 12.0. The quantitative estimate of drug-likeness (QED) is 0.884. The maximum Gasteiger partial charge on any atom is 0.238 e. The van der Waals surface area contributed by atoms with Crippen LogP contribution < -0.4 is 10.6 Å². The summed E-state index contributed by atoms with van der Waals surface area (Å²) in [5.41, 5.74) is 2.92. The van der Waals surface area contributed by atoms with Crippen molar-refractivity contribution < 1.29 is 9.18 Å². The molecular weight excluding hydrogens is 267 g/mol. The average Bonchev–Trinajstić information content (AvgIpc) is 2.47. The number of anilines is 1. The highest BCUT2D eigenvalue weighted by atomic mass is 19.1. The Morgan fingerprint density at radius 2 is 1.90 bits per heavy atom. The molecule has 2 N–H and O–H groups in total. The first-order valence-electron chi connectivity index (χ1n) is 6.90. The van der Waals surface area contributed by atoms with Gasteiger partial charge in [-0.05, 0) is 43.7 Å². The molecule has 1 amide bonds. The minimum absolute atomic E-state index is 0.0869. The summed E-state index contributed by atoms with van der Waals surface area (Å²) in [5.74, 6) is -0.472. The summed E-state index contributed by atoms with van der Waals surface area (Å²) in [4.78, 5) is 11.8. The molecule has 1 atom stereocenters. The van der Waals surface area contributed by atoms with Crippen LogP contribution in [0.5, 0.6) is 0 Å². The fourth-order valence-electron chi connectivity index (χ4n) is 2.04. The molecule has 0 saturated heterocycles. The van der Waals surface area contributed by atoms with Gasteiger partial charge in [0.25, 0.3) is 0 Å². The van der Waals surface area contributed by atoms with Crippen molar-refractivity contribution in [2.75, 3.05) is 11.9 Å². The monoisotopic (exact) mass is 286 g/mol. The Morgan fingerprint density at radius 1 is 1.19 bits per heavy atom. The summed E-state index contributed by atoms with van der Waals surface area (Å²) < 4.78 is 12.8. The van der Waals surface area contributed by atoms with Crippen molar-refractivity contribution in [1.82, 2.24) is 5.32 Å². The van der Waals surface area contributed by atoms with Gasteiger partial charge in [-0.3, -0.25) is 4.79 Å². The molecule has 2 aromatic rings. The van der Waals surface area contributed by atoms with Crippen LogP contribution in [-0.2, 0) is 4.79 Å². The highest BCUT2D eigenvalue weighted by molar-refractivity contribution is 5.92. The van der Waals surface area contributed by atoms with E-state index in [1.165, 1.54) is 29.8 Å². The molecule has 0 heterocycles. The highest BCUT2D eigenvalue weighted by Crippen LogP contribution is 2.13. The fourth-order valence-corrected chi connectivity index (χ4v) is 2.04. The molecule has 0 aliphatic heterocycles. The number of rotatable bonds is 5. The summed E-state index contributed by atoms with van der Waals surface area (Å²) in [6.45, 7) is 4.25. The first kappa shape index (κ1) is 15.2. The van der Waals surface area contributed by atoms with Gasteiger partial charge in [-0.25, -0.2) is 4.39 Å². The van der Waals surface area contributed by atoms with Crippen LogP contribution in [0.3, 0.4) is 0 Å². The van der Waals surface area contributed by atoms with Crippen molar-refractivity contribution >= 4 is 11.6 Å². The molecule has 0 aliphatic rings. The summed E-state index contributed by atoms with van der Waals surface area (Å²) in [6, 6.07) is 14.0. The lowest BCUT2D eigenvalue weighted by atomic mass is 10.1. The van der Waals surface area contributed by atoms with E-state index < -0.39 is 0 Å². The maximum atomic E-state index is 12.8. The minimum atomic E-state index is -0.320. The predicted octanol–water partition coefficient (Wildman–Crippen LogP) is 3.42. The Morgan fingerprint density at radius 3 is 2.57 bits per heavy atom. The number of aryl methyl sites for hydroxylation is 1. The minimum Gasteiger partial charge on any atom is -0.325 e. The Hall–Kier alpha value is -2.20. The van der Waals surface area contributed by atoms with E-state index in [0.29, 0.717) is 5.69 Å². The largest absolute Gasteiger partial charge is 0.325 e. The van der Waals surface area contributed by atoms with Gasteiger partial charge >= 0.3 is 0 Å². The van der Waals surface area contributed by atoms with E-state index in [4.69, 9.17) is 0 Å². The molecule has 3 nitrogen and oxygen atoms in total. The van der Waals surface area contributed by atoms with E-state index in [-0.39, 0.29) is 24.3 Å². The van der Waals surface area contributed by atoms with Gasteiger partial charge in [-0.15, -0.1) is 0 Å². The van der Waals surface area contributed by atoms with Gasteiger partial charge in [0.05, 0.1) is 6.54 Å². The standard InChI is InChI=1S/C17H19FN2O/c1-12-4-3-5-14(10-12)13(2)19-11-17(21)20-16-8-6-15(18)7-9-16/h3-10,13,19H,11H2,1-2H3,(H,20,21)/t13-/m1/s1. The first-order chi connectivity index (χ1) is 10.0. The number of halogens is 1. The molecule has 0 bridgehead atoms.